The Hall–Kier alpha value is -0.414. The molecule has 0 unspecified atom stereocenters. The van der Waals surface area contributed by atoms with Gasteiger partial charge in [-0.3, -0.25) is 4.55 Å². The topological polar surface area (TPSA) is 86.7 Å². The molecule has 0 aliphatic carbocycles. The minimum atomic E-state index is -4.34. The van der Waals surface area contributed by atoms with E-state index in [0.717, 1.165) is 31.2 Å². The van der Waals surface area contributed by atoms with E-state index in [0.29, 0.717) is 6.42 Å². The zero-order valence-electron chi connectivity index (χ0n) is 14.6. The summed E-state index contributed by atoms with van der Waals surface area (Å²) in [6.07, 6.45) is 4.87. The van der Waals surface area contributed by atoms with Crippen LogP contribution in [-0.2, 0) is 16.5 Å². The van der Waals surface area contributed by atoms with E-state index < -0.39 is 10.1 Å². The van der Waals surface area contributed by atoms with Gasteiger partial charge in [0.1, 0.15) is 11.5 Å². The van der Waals surface area contributed by atoms with Crippen LogP contribution in [0, 0.1) is 0 Å². The maximum atomic E-state index is 11.7. The van der Waals surface area contributed by atoms with Gasteiger partial charge in [-0.1, -0.05) is 50.1 Å². The number of para-hydroxylation sites is 2. The van der Waals surface area contributed by atoms with Crippen molar-refractivity contribution in [3.63, 3.8) is 0 Å². The fraction of sp³-hybridized carbons (Fsp3) is 0.333. The summed E-state index contributed by atoms with van der Waals surface area (Å²) in [7, 11) is -4.34. The first-order valence-corrected chi connectivity index (χ1v) is 9.39. The number of rotatable bonds is 8. The van der Waals surface area contributed by atoms with E-state index in [1.165, 1.54) is 24.3 Å². The Morgan fingerprint density at radius 3 is 2.44 bits per heavy atom. The smallest absolute Gasteiger partial charge is 0.870 e. The Kier molecular flexibility index (Phi) is 9.65. The molecule has 1 N–H and O–H groups in total. The average molecular weight is 389 g/mol. The third kappa shape index (κ3) is 7.38. The summed E-state index contributed by atoms with van der Waals surface area (Å²) in [5.41, 5.74) is 0.750. The van der Waals surface area contributed by atoms with E-state index in [1.54, 1.807) is 18.2 Å². The van der Waals surface area contributed by atoms with E-state index >= 15 is 0 Å². The van der Waals surface area contributed by atoms with Crippen LogP contribution in [0.25, 0.3) is 0 Å². The van der Waals surface area contributed by atoms with Crippen molar-refractivity contribution in [1.29, 1.82) is 0 Å². The molecule has 130 valence electrons. The Balaban J connectivity index is 0.00000312. The van der Waals surface area contributed by atoms with Gasteiger partial charge in [-0.05, 0) is 36.6 Å². The van der Waals surface area contributed by atoms with Crippen LogP contribution in [0.4, 0.5) is 0 Å². The van der Waals surface area contributed by atoms with Gasteiger partial charge in [0, 0.05) is 6.07 Å². The number of benzene rings is 2. The number of unbranched alkanes of at least 4 members (excludes halogenated alkanes) is 3. The molecule has 0 bridgehead atoms. The fourth-order valence-electron chi connectivity index (χ4n) is 2.40. The Bertz CT molecular complexity index is 790. The maximum absolute atomic E-state index is 11.7. The van der Waals surface area contributed by atoms with Crippen molar-refractivity contribution in [2.24, 2.45) is 0 Å². The molecular weight excluding hydrogens is 367 g/mol. The molecule has 0 saturated carbocycles. The van der Waals surface area contributed by atoms with Gasteiger partial charge in [0.25, 0.3) is 10.1 Å². The van der Waals surface area contributed by atoms with Gasteiger partial charge < -0.3 is 9.84 Å². The van der Waals surface area contributed by atoms with Crippen molar-refractivity contribution in [3.8, 4) is 17.2 Å². The Morgan fingerprint density at radius 2 is 1.80 bits per heavy atom. The minimum absolute atomic E-state index is 0. The zero-order chi connectivity index (χ0) is 17.6. The number of hydrogen-bond donors (Lipinski definition) is 1. The molecule has 2 rings (SSSR count). The van der Waals surface area contributed by atoms with Crippen LogP contribution in [0.1, 0.15) is 38.2 Å². The summed E-state index contributed by atoms with van der Waals surface area (Å²) in [5.74, 6) is 0.0418. The van der Waals surface area contributed by atoms with Crippen LogP contribution in [-0.4, -0.2) is 13.0 Å². The van der Waals surface area contributed by atoms with Crippen LogP contribution < -0.4 is 61.2 Å². The third-order valence-corrected chi connectivity index (χ3v) is 4.47. The normalized spacial score (nSPS) is 11.0. The van der Waals surface area contributed by atoms with E-state index in [9.17, 15) is 18.1 Å². The minimum Gasteiger partial charge on any atom is -0.870 e. The molecule has 0 radical (unpaired) electrons. The molecule has 0 heterocycles. The number of ether oxygens (including phenoxy) is 1. The number of aryl methyl sites for hydroxylation is 1. The van der Waals surface area contributed by atoms with Gasteiger partial charge in [0.05, 0.1) is 4.90 Å². The van der Waals surface area contributed by atoms with E-state index in [4.69, 9.17) is 4.74 Å². The van der Waals surface area contributed by atoms with Gasteiger partial charge in [-0.15, -0.1) is 0 Å². The summed E-state index contributed by atoms with van der Waals surface area (Å²) < 4.78 is 37.8. The molecule has 0 fully saturated rings. The summed E-state index contributed by atoms with van der Waals surface area (Å²) in [6.45, 7) is 2.12. The van der Waals surface area contributed by atoms with Gasteiger partial charge in [0.15, 0.2) is 0 Å². The first-order chi connectivity index (χ1) is 11.4. The van der Waals surface area contributed by atoms with Crippen molar-refractivity contribution in [2.45, 2.75) is 43.9 Å². The largest absolute Gasteiger partial charge is 1.00 e. The molecule has 0 saturated heterocycles. The van der Waals surface area contributed by atoms with E-state index in [2.05, 4.69) is 6.92 Å². The molecule has 25 heavy (non-hydrogen) atoms. The van der Waals surface area contributed by atoms with E-state index in [1.807, 2.05) is 0 Å². The quantitative estimate of drug-likeness (QED) is 0.413. The molecule has 0 amide bonds. The van der Waals surface area contributed by atoms with E-state index in [-0.39, 0.29) is 73.5 Å². The predicted molar refractivity (Wildman–Crippen MR) is 90.1 cm³/mol. The average Bonchev–Trinajstić information content (AvgIpc) is 2.53. The van der Waals surface area contributed by atoms with Crippen LogP contribution in [0.15, 0.2) is 47.4 Å². The molecule has 0 aliphatic rings. The second-order valence-electron chi connectivity index (χ2n) is 5.65. The summed E-state index contributed by atoms with van der Waals surface area (Å²) in [6, 6.07) is 10.5. The maximum Gasteiger partial charge on any atom is 1.00 e. The van der Waals surface area contributed by atoms with Crippen molar-refractivity contribution in [2.75, 3.05) is 0 Å². The standard InChI is InChI=1S/C18H22O5S.K/c1-2-3-4-5-8-14-11-15(13-16(12-14)24(20,21)22)23-18-10-7-6-9-17(18)19;/h6-7,9-13,19H,2-5,8H2,1H3,(H,20,21,22);/q;+1/p-1. The second-order valence-corrected chi connectivity index (χ2v) is 7.07. The monoisotopic (exact) mass is 388 g/mol. The summed E-state index contributed by atoms with van der Waals surface area (Å²) in [4.78, 5) is -0.228. The molecule has 7 heteroatoms. The zero-order valence-corrected chi connectivity index (χ0v) is 18.5. The summed E-state index contributed by atoms with van der Waals surface area (Å²) >= 11 is 0. The Labute approximate surface area is 191 Å². The Morgan fingerprint density at radius 1 is 1.08 bits per heavy atom. The van der Waals surface area contributed by atoms with Crippen molar-refractivity contribution in [1.82, 2.24) is 0 Å². The van der Waals surface area contributed by atoms with Crippen LogP contribution in [0.3, 0.4) is 0 Å². The molecule has 0 spiro atoms. The van der Waals surface area contributed by atoms with Crippen LogP contribution >= 0.6 is 0 Å². The molecular formula is C18H21KO5S. The van der Waals surface area contributed by atoms with Crippen LogP contribution in [0.5, 0.6) is 17.2 Å². The first kappa shape index (κ1) is 22.6. The molecule has 0 aliphatic heterocycles. The SMILES string of the molecule is CCCCCCc1cc(Oc2ccccc2[O-])cc(S(=O)(=O)O)c1.[K+]. The first-order valence-electron chi connectivity index (χ1n) is 7.95. The molecule has 0 atom stereocenters. The predicted octanol–water partition coefficient (Wildman–Crippen LogP) is 0.926. The molecule has 2 aromatic rings. The van der Waals surface area contributed by atoms with Crippen LogP contribution in [0.2, 0.25) is 0 Å². The summed E-state index contributed by atoms with van der Waals surface area (Å²) in [5, 5.41) is 11.7. The number of hydrogen-bond acceptors (Lipinski definition) is 4. The molecule has 2 aromatic carbocycles. The van der Waals surface area contributed by atoms with Crippen molar-refractivity contribution >= 4 is 10.1 Å². The van der Waals surface area contributed by atoms with Gasteiger partial charge in [-0.25, -0.2) is 0 Å². The third-order valence-electron chi connectivity index (χ3n) is 3.63. The molecule has 0 aromatic heterocycles. The van der Waals surface area contributed by atoms with Gasteiger partial charge >= 0.3 is 51.4 Å². The fourth-order valence-corrected chi connectivity index (χ4v) is 2.97. The van der Waals surface area contributed by atoms with Crippen molar-refractivity contribution in [3.05, 3.63) is 48.0 Å². The van der Waals surface area contributed by atoms with Gasteiger partial charge in [0.2, 0.25) is 0 Å². The second kappa shape index (κ2) is 10.7. The molecule has 5 nitrogen and oxygen atoms in total. The van der Waals surface area contributed by atoms with Crippen molar-refractivity contribution < 1.29 is 74.2 Å². The van der Waals surface area contributed by atoms with Gasteiger partial charge in [-0.2, -0.15) is 8.42 Å².